The molecule has 1 aromatic rings. The Hall–Kier alpha value is -1.88. The number of hydrogen-bond acceptors (Lipinski definition) is 4. The summed E-state index contributed by atoms with van der Waals surface area (Å²) in [4.78, 5) is 25.1. The zero-order chi connectivity index (χ0) is 14.7. The van der Waals surface area contributed by atoms with Crippen molar-refractivity contribution in [1.82, 2.24) is 10.2 Å². The fraction of sp³-hybridized carbons (Fsp3) is 0.467. The van der Waals surface area contributed by atoms with E-state index in [-0.39, 0.29) is 24.0 Å². The predicted molar refractivity (Wildman–Crippen MR) is 75.3 cm³/mol. The van der Waals surface area contributed by atoms with Crippen molar-refractivity contribution in [2.45, 2.75) is 32.0 Å². The fourth-order valence-electron chi connectivity index (χ4n) is 2.40. The SMILES string of the molecule is CNC(=O)c1ccc(CN(C)[C@@H]2C[C@@H](C)OC2=O)cc1. The highest BCUT2D eigenvalue weighted by Gasteiger charge is 2.34. The van der Waals surface area contributed by atoms with E-state index in [4.69, 9.17) is 4.74 Å². The summed E-state index contributed by atoms with van der Waals surface area (Å²) in [5.74, 6) is -0.250. The molecular weight excluding hydrogens is 256 g/mol. The van der Waals surface area contributed by atoms with Crippen molar-refractivity contribution >= 4 is 11.9 Å². The molecule has 5 heteroatoms. The highest BCUT2D eigenvalue weighted by molar-refractivity contribution is 5.93. The molecule has 0 spiro atoms. The zero-order valence-electron chi connectivity index (χ0n) is 12.1. The lowest BCUT2D eigenvalue weighted by molar-refractivity contribution is -0.144. The van der Waals surface area contributed by atoms with Crippen LogP contribution in [-0.2, 0) is 16.1 Å². The van der Waals surface area contributed by atoms with E-state index in [1.807, 2.05) is 31.0 Å². The van der Waals surface area contributed by atoms with Gasteiger partial charge in [-0.3, -0.25) is 14.5 Å². The highest BCUT2D eigenvalue weighted by Crippen LogP contribution is 2.20. The molecule has 0 saturated carbocycles. The van der Waals surface area contributed by atoms with Gasteiger partial charge in [-0.15, -0.1) is 0 Å². The third-order valence-electron chi connectivity index (χ3n) is 3.55. The molecule has 1 N–H and O–H groups in total. The van der Waals surface area contributed by atoms with Crippen LogP contribution in [0.15, 0.2) is 24.3 Å². The van der Waals surface area contributed by atoms with E-state index in [9.17, 15) is 9.59 Å². The highest BCUT2D eigenvalue weighted by atomic mass is 16.6. The Morgan fingerprint density at radius 1 is 1.40 bits per heavy atom. The van der Waals surface area contributed by atoms with Crippen molar-refractivity contribution in [3.8, 4) is 0 Å². The number of ether oxygens (including phenoxy) is 1. The molecule has 2 atom stereocenters. The molecule has 5 nitrogen and oxygen atoms in total. The van der Waals surface area contributed by atoms with Gasteiger partial charge in [-0.25, -0.2) is 0 Å². The number of nitrogens with zero attached hydrogens (tertiary/aromatic N) is 1. The van der Waals surface area contributed by atoms with Gasteiger partial charge in [-0.1, -0.05) is 12.1 Å². The molecule has 1 amide bonds. The van der Waals surface area contributed by atoms with Crippen LogP contribution in [0, 0.1) is 0 Å². The summed E-state index contributed by atoms with van der Waals surface area (Å²) in [5.41, 5.74) is 1.69. The summed E-state index contributed by atoms with van der Waals surface area (Å²) in [7, 11) is 3.52. The van der Waals surface area contributed by atoms with Crippen molar-refractivity contribution in [2.24, 2.45) is 0 Å². The molecule has 108 valence electrons. The lowest BCUT2D eigenvalue weighted by Crippen LogP contribution is -2.34. The first-order chi connectivity index (χ1) is 9.51. The molecule has 0 aromatic heterocycles. The molecule has 1 heterocycles. The van der Waals surface area contributed by atoms with Crippen LogP contribution in [-0.4, -0.2) is 43.0 Å². The van der Waals surface area contributed by atoms with Gasteiger partial charge in [0.15, 0.2) is 0 Å². The van der Waals surface area contributed by atoms with Crippen LogP contribution in [0.3, 0.4) is 0 Å². The first-order valence-electron chi connectivity index (χ1n) is 6.73. The van der Waals surface area contributed by atoms with Gasteiger partial charge < -0.3 is 10.1 Å². The smallest absolute Gasteiger partial charge is 0.323 e. The second-order valence-electron chi connectivity index (χ2n) is 5.19. The largest absolute Gasteiger partial charge is 0.461 e. The first-order valence-corrected chi connectivity index (χ1v) is 6.73. The molecule has 2 rings (SSSR count). The lowest BCUT2D eigenvalue weighted by Gasteiger charge is -2.21. The first kappa shape index (κ1) is 14.5. The van der Waals surface area contributed by atoms with Crippen LogP contribution < -0.4 is 5.32 Å². The molecule has 0 aliphatic carbocycles. The van der Waals surface area contributed by atoms with E-state index in [1.54, 1.807) is 19.2 Å². The Morgan fingerprint density at radius 2 is 2.05 bits per heavy atom. The maximum atomic E-state index is 11.7. The molecule has 1 aliphatic rings. The maximum Gasteiger partial charge on any atom is 0.323 e. The Labute approximate surface area is 118 Å². The summed E-state index contributed by atoms with van der Waals surface area (Å²) in [6, 6.07) is 7.22. The van der Waals surface area contributed by atoms with E-state index in [0.29, 0.717) is 12.1 Å². The number of carbonyl (C=O) groups excluding carboxylic acids is 2. The Morgan fingerprint density at radius 3 is 2.55 bits per heavy atom. The molecule has 1 aromatic carbocycles. The number of hydrogen-bond donors (Lipinski definition) is 1. The summed E-state index contributed by atoms with van der Waals surface area (Å²) < 4.78 is 5.16. The van der Waals surface area contributed by atoms with Crippen molar-refractivity contribution in [3.05, 3.63) is 35.4 Å². The predicted octanol–water partition coefficient (Wildman–Crippen LogP) is 1.18. The van der Waals surface area contributed by atoms with E-state index in [2.05, 4.69) is 5.32 Å². The van der Waals surface area contributed by atoms with Gasteiger partial charge in [-0.05, 0) is 31.7 Å². The molecule has 0 unspecified atom stereocenters. The number of likely N-dealkylation sites (N-methyl/N-ethyl adjacent to an activating group) is 1. The van der Waals surface area contributed by atoms with Gasteiger partial charge in [0.2, 0.25) is 0 Å². The summed E-state index contributed by atoms with van der Waals surface area (Å²) in [6.45, 7) is 2.56. The molecule has 0 radical (unpaired) electrons. The lowest BCUT2D eigenvalue weighted by atomic mass is 10.1. The number of esters is 1. The molecule has 1 aliphatic heterocycles. The van der Waals surface area contributed by atoms with Gasteiger partial charge in [0.05, 0.1) is 0 Å². The van der Waals surface area contributed by atoms with Crippen LogP contribution in [0.5, 0.6) is 0 Å². The van der Waals surface area contributed by atoms with Crippen LogP contribution in [0.4, 0.5) is 0 Å². The Balaban J connectivity index is 1.99. The standard InChI is InChI=1S/C15H20N2O3/c1-10-8-13(15(19)20-10)17(3)9-11-4-6-12(7-5-11)14(18)16-2/h4-7,10,13H,8-9H2,1-3H3,(H,16,18)/t10-,13-/m1/s1. The number of nitrogens with one attached hydrogen (secondary N) is 1. The van der Waals surface area contributed by atoms with Crippen LogP contribution in [0.1, 0.15) is 29.3 Å². The minimum absolute atomic E-state index is 0.00873. The minimum Gasteiger partial charge on any atom is -0.461 e. The van der Waals surface area contributed by atoms with Gasteiger partial charge in [0, 0.05) is 25.6 Å². The second-order valence-corrected chi connectivity index (χ2v) is 5.19. The number of amides is 1. The monoisotopic (exact) mass is 276 g/mol. The maximum absolute atomic E-state index is 11.7. The van der Waals surface area contributed by atoms with Crippen molar-refractivity contribution in [1.29, 1.82) is 0 Å². The topological polar surface area (TPSA) is 58.6 Å². The number of rotatable bonds is 4. The summed E-state index contributed by atoms with van der Waals surface area (Å²) >= 11 is 0. The average molecular weight is 276 g/mol. The molecule has 1 saturated heterocycles. The minimum atomic E-state index is -0.177. The van der Waals surface area contributed by atoms with Crippen molar-refractivity contribution < 1.29 is 14.3 Å². The van der Waals surface area contributed by atoms with Crippen molar-refractivity contribution in [2.75, 3.05) is 14.1 Å². The summed E-state index contributed by atoms with van der Waals surface area (Å²) in [5, 5.41) is 2.59. The second kappa shape index (κ2) is 6.05. The van der Waals surface area contributed by atoms with E-state index in [0.717, 1.165) is 12.0 Å². The quantitative estimate of drug-likeness (QED) is 0.839. The third-order valence-corrected chi connectivity index (χ3v) is 3.55. The van der Waals surface area contributed by atoms with E-state index < -0.39 is 0 Å². The number of carbonyl (C=O) groups is 2. The Kier molecular flexibility index (Phi) is 4.39. The van der Waals surface area contributed by atoms with Crippen LogP contribution in [0.2, 0.25) is 0 Å². The Bertz CT molecular complexity index is 498. The van der Waals surface area contributed by atoms with Crippen LogP contribution >= 0.6 is 0 Å². The summed E-state index contributed by atoms with van der Waals surface area (Å²) in [6.07, 6.45) is 0.719. The fourth-order valence-corrected chi connectivity index (χ4v) is 2.40. The van der Waals surface area contributed by atoms with Gasteiger partial charge in [0.1, 0.15) is 12.1 Å². The van der Waals surface area contributed by atoms with Gasteiger partial charge in [0.25, 0.3) is 5.91 Å². The van der Waals surface area contributed by atoms with Gasteiger partial charge >= 0.3 is 5.97 Å². The van der Waals surface area contributed by atoms with Gasteiger partial charge in [-0.2, -0.15) is 0 Å². The molecular formula is C15H20N2O3. The average Bonchev–Trinajstić information content (AvgIpc) is 2.78. The van der Waals surface area contributed by atoms with Crippen LogP contribution in [0.25, 0.3) is 0 Å². The van der Waals surface area contributed by atoms with E-state index in [1.165, 1.54) is 0 Å². The molecule has 1 fully saturated rings. The number of cyclic esters (lactones) is 1. The van der Waals surface area contributed by atoms with E-state index >= 15 is 0 Å². The number of benzene rings is 1. The molecule has 20 heavy (non-hydrogen) atoms. The molecule has 0 bridgehead atoms. The normalized spacial score (nSPS) is 21.9. The van der Waals surface area contributed by atoms with Crippen molar-refractivity contribution in [3.63, 3.8) is 0 Å². The zero-order valence-corrected chi connectivity index (χ0v) is 12.1. The third kappa shape index (κ3) is 3.17.